The van der Waals surface area contributed by atoms with Crippen molar-refractivity contribution in [3.8, 4) is 0 Å². The lowest BCUT2D eigenvalue weighted by molar-refractivity contribution is 0.237. The second kappa shape index (κ2) is 6.69. The highest BCUT2D eigenvalue weighted by molar-refractivity contribution is 9.10. The molecule has 2 nitrogen and oxygen atoms in total. The fourth-order valence-electron chi connectivity index (χ4n) is 2.78. The maximum Gasteiger partial charge on any atom is 0.0244 e. The lowest BCUT2D eigenvalue weighted by Gasteiger charge is -2.24. The number of nitrogens with zero attached hydrogens (tertiary/aromatic N) is 1. The van der Waals surface area contributed by atoms with Crippen LogP contribution in [0.5, 0.6) is 0 Å². The maximum atomic E-state index is 3.70. The number of nitrogens with one attached hydrogen (secondary N) is 1. The topological polar surface area (TPSA) is 15.3 Å². The molecule has 2 rings (SSSR count). The summed E-state index contributed by atoms with van der Waals surface area (Å²) >= 11 is 3.70. The van der Waals surface area contributed by atoms with Gasteiger partial charge in [-0.25, -0.2) is 0 Å². The van der Waals surface area contributed by atoms with Crippen molar-refractivity contribution < 1.29 is 0 Å². The van der Waals surface area contributed by atoms with Gasteiger partial charge in [0.15, 0.2) is 0 Å². The largest absolute Gasteiger partial charge is 0.316 e. The molecule has 3 heteroatoms. The average Bonchev–Trinajstić information content (AvgIpc) is 2.86. The van der Waals surface area contributed by atoms with E-state index in [1.54, 1.807) is 0 Å². The van der Waals surface area contributed by atoms with Crippen molar-refractivity contribution in [3.05, 3.63) is 33.8 Å². The molecule has 1 N–H and O–H groups in total. The van der Waals surface area contributed by atoms with Gasteiger partial charge in [-0.2, -0.15) is 0 Å². The summed E-state index contributed by atoms with van der Waals surface area (Å²) < 4.78 is 1.24. The minimum atomic E-state index is 0.786. The van der Waals surface area contributed by atoms with Crippen LogP contribution in [0.15, 0.2) is 22.7 Å². The highest BCUT2D eigenvalue weighted by Gasteiger charge is 2.19. The zero-order valence-electron chi connectivity index (χ0n) is 11.4. The lowest BCUT2D eigenvalue weighted by atomic mass is 10.1. The van der Waals surface area contributed by atoms with Crippen LogP contribution in [-0.2, 0) is 13.1 Å². The van der Waals surface area contributed by atoms with Crippen molar-refractivity contribution in [2.75, 3.05) is 14.1 Å². The molecule has 0 amide bonds. The summed E-state index contributed by atoms with van der Waals surface area (Å²) in [5.74, 6) is 0. The van der Waals surface area contributed by atoms with E-state index in [0.717, 1.165) is 19.1 Å². The Morgan fingerprint density at radius 3 is 2.67 bits per heavy atom. The first kappa shape index (κ1) is 14.0. The van der Waals surface area contributed by atoms with Gasteiger partial charge < -0.3 is 5.32 Å². The van der Waals surface area contributed by atoms with Crippen molar-refractivity contribution in [1.29, 1.82) is 0 Å². The molecule has 1 aliphatic carbocycles. The first-order chi connectivity index (χ1) is 8.70. The molecular weight excluding hydrogens is 288 g/mol. The van der Waals surface area contributed by atoms with Crippen molar-refractivity contribution in [1.82, 2.24) is 10.2 Å². The fourth-order valence-corrected chi connectivity index (χ4v) is 3.33. The third kappa shape index (κ3) is 3.56. The second-order valence-corrected chi connectivity index (χ2v) is 6.16. The third-order valence-corrected chi connectivity index (χ3v) is 4.60. The van der Waals surface area contributed by atoms with Gasteiger partial charge in [0.05, 0.1) is 0 Å². The van der Waals surface area contributed by atoms with Crippen molar-refractivity contribution in [3.63, 3.8) is 0 Å². The average molecular weight is 311 g/mol. The van der Waals surface area contributed by atoms with E-state index >= 15 is 0 Å². The SMILES string of the molecule is CNCc1ccc(CN(C)C2CCCC2)c(Br)c1. The van der Waals surface area contributed by atoms with Crippen molar-refractivity contribution >= 4 is 15.9 Å². The molecule has 18 heavy (non-hydrogen) atoms. The summed E-state index contributed by atoms with van der Waals surface area (Å²) in [5.41, 5.74) is 2.72. The molecular formula is C15H23BrN2. The van der Waals surface area contributed by atoms with E-state index in [4.69, 9.17) is 0 Å². The zero-order valence-corrected chi connectivity index (χ0v) is 13.0. The van der Waals surface area contributed by atoms with Gasteiger partial charge in [-0.05, 0) is 44.1 Å². The minimum Gasteiger partial charge on any atom is -0.316 e. The van der Waals surface area contributed by atoms with E-state index in [-0.39, 0.29) is 0 Å². The summed E-state index contributed by atoms with van der Waals surface area (Å²) in [4.78, 5) is 2.50. The van der Waals surface area contributed by atoms with Crippen LogP contribution < -0.4 is 5.32 Å². The van der Waals surface area contributed by atoms with E-state index < -0.39 is 0 Å². The Labute approximate surface area is 119 Å². The molecule has 0 aromatic heterocycles. The molecule has 0 radical (unpaired) electrons. The number of rotatable bonds is 5. The van der Waals surface area contributed by atoms with Crippen LogP contribution >= 0.6 is 15.9 Å². The first-order valence-electron chi connectivity index (χ1n) is 6.83. The van der Waals surface area contributed by atoms with E-state index in [1.165, 1.54) is 41.3 Å². The molecule has 1 aromatic rings. The van der Waals surface area contributed by atoms with Gasteiger partial charge in [-0.15, -0.1) is 0 Å². The van der Waals surface area contributed by atoms with E-state index in [9.17, 15) is 0 Å². The number of hydrogen-bond donors (Lipinski definition) is 1. The van der Waals surface area contributed by atoms with Crippen molar-refractivity contribution in [2.24, 2.45) is 0 Å². The monoisotopic (exact) mass is 310 g/mol. The first-order valence-corrected chi connectivity index (χ1v) is 7.62. The van der Waals surface area contributed by atoms with Gasteiger partial charge in [0.1, 0.15) is 0 Å². The molecule has 100 valence electrons. The Morgan fingerprint density at radius 1 is 1.33 bits per heavy atom. The summed E-state index contributed by atoms with van der Waals surface area (Å²) in [7, 11) is 4.24. The van der Waals surface area contributed by atoms with E-state index in [2.05, 4.69) is 51.4 Å². The van der Waals surface area contributed by atoms with Crippen LogP contribution in [0.2, 0.25) is 0 Å². The smallest absolute Gasteiger partial charge is 0.0244 e. The van der Waals surface area contributed by atoms with Gasteiger partial charge in [0.2, 0.25) is 0 Å². The van der Waals surface area contributed by atoms with Gasteiger partial charge >= 0.3 is 0 Å². The van der Waals surface area contributed by atoms with Crippen LogP contribution in [0.3, 0.4) is 0 Å². The van der Waals surface area contributed by atoms with Crippen LogP contribution in [0.1, 0.15) is 36.8 Å². The summed E-state index contributed by atoms with van der Waals surface area (Å²) in [6.45, 7) is 1.97. The van der Waals surface area contributed by atoms with Gasteiger partial charge in [-0.3, -0.25) is 4.90 Å². The molecule has 0 spiro atoms. The van der Waals surface area contributed by atoms with Gasteiger partial charge in [0.25, 0.3) is 0 Å². The van der Waals surface area contributed by atoms with E-state index in [1.807, 2.05) is 7.05 Å². The standard InChI is InChI=1S/C15H23BrN2/c1-17-10-12-7-8-13(15(16)9-12)11-18(2)14-5-3-4-6-14/h7-9,14,17H,3-6,10-11H2,1-2H3. The van der Waals surface area contributed by atoms with Gasteiger partial charge in [-0.1, -0.05) is 40.9 Å². The molecule has 0 bridgehead atoms. The molecule has 0 saturated heterocycles. The van der Waals surface area contributed by atoms with Crippen LogP contribution in [0.25, 0.3) is 0 Å². The fraction of sp³-hybridized carbons (Fsp3) is 0.600. The molecule has 1 aromatic carbocycles. The van der Waals surface area contributed by atoms with Crippen LogP contribution in [0.4, 0.5) is 0 Å². The Morgan fingerprint density at radius 2 is 2.06 bits per heavy atom. The minimum absolute atomic E-state index is 0.786. The maximum absolute atomic E-state index is 3.70. The summed E-state index contributed by atoms with van der Waals surface area (Å²) in [5, 5.41) is 3.18. The lowest BCUT2D eigenvalue weighted by Crippen LogP contribution is -2.28. The van der Waals surface area contributed by atoms with Crippen LogP contribution in [-0.4, -0.2) is 25.0 Å². The Hall–Kier alpha value is -0.380. The van der Waals surface area contributed by atoms with Crippen LogP contribution in [0, 0.1) is 0 Å². The van der Waals surface area contributed by atoms with E-state index in [0.29, 0.717) is 0 Å². The van der Waals surface area contributed by atoms with Crippen molar-refractivity contribution in [2.45, 2.75) is 44.8 Å². The number of hydrogen-bond acceptors (Lipinski definition) is 2. The molecule has 1 aliphatic rings. The molecule has 0 unspecified atom stereocenters. The number of benzene rings is 1. The Kier molecular flexibility index (Phi) is 5.22. The normalized spacial score (nSPS) is 16.7. The summed E-state index contributed by atoms with van der Waals surface area (Å²) in [6.07, 6.45) is 5.53. The Bertz CT molecular complexity index is 386. The molecule has 0 aliphatic heterocycles. The quantitative estimate of drug-likeness (QED) is 0.895. The molecule has 0 heterocycles. The second-order valence-electron chi connectivity index (χ2n) is 5.31. The summed E-state index contributed by atoms with van der Waals surface area (Å²) in [6, 6.07) is 7.49. The number of halogens is 1. The Balaban J connectivity index is 2.00. The predicted molar refractivity (Wildman–Crippen MR) is 80.6 cm³/mol. The molecule has 1 fully saturated rings. The highest BCUT2D eigenvalue weighted by Crippen LogP contribution is 2.26. The zero-order chi connectivity index (χ0) is 13.0. The highest BCUT2D eigenvalue weighted by atomic mass is 79.9. The third-order valence-electron chi connectivity index (χ3n) is 3.87. The van der Waals surface area contributed by atoms with Gasteiger partial charge in [0, 0.05) is 23.6 Å². The molecule has 0 atom stereocenters. The molecule has 1 saturated carbocycles. The predicted octanol–water partition coefficient (Wildman–Crippen LogP) is 3.54.